The van der Waals surface area contributed by atoms with Crippen LogP contribution in [0, 0.1) is 0 Å². The van der Waals surface area contributed by atoms with Crippen molar-refractivity contribution in [3.05, 3.63) is 24.3 Å². The Bertz CT molecular complexity index is 1340. The average Bonchev–Trinajstić information content (AvgIpc) is 3.42. The van der Waals surface area contributed by atoms with Crippen LogP contribution in [0.1, 0.15) is 367 Å². The van der Waals surface area contributed by atoms with E-state index in [0.717, 1.165) is 32.1 Å². The van der Waals surface area contributed by atoms with E-state index in [1.165, 1.54) is 315 Å². The highest BCUT2D eigenvalue weighted by Gasteiger charge is 2.28. The number of likely N-dealkylation sites (N-methyl/N-ethyl adjacent to an activating group) is 1. The molecule has 0 aromatic rings. The number of amides is 1. The molecular formula is C70H140N2O6P+. The summed E-state index contributed by atoms with van der Waals surface area (Å²) in [6, 6.07) is -0.845. The van der Waals surface area contributed by atoms with E-state index in [9.17, 15) is 19.4 Å². The second-order valence-corrected chi connectivity index (χ2v) is 27.1. The van der Waals surface area contributed by atoms with E-state index in [1.54, 1.807) is 6.08 Å². The predicted octanol–water partition coefficient (Wildman–Crippen LogP) is 22.3. The second kappa shape index (κ2) is 61.5. The molecule has 8 nitrogen and oxygen atoms in total. The number of quaternary nitrogens is 1. The lowest BCUT2D eigenvalue weighted by atomic mass is 10.0. The number of phosphoric acid groups is 1. The molecule has 0 saturated heterocycles. The molecule has 0 aromatic heterocycles. The normalized spacial score (nSPS) is 13.8. The van der Waals surface area contributed by atoms with Crippen LogP contribution in [0.3, 0.4) is 0 Å². The van der Waals surface area contributed by atoms with Crippen LogP contribution in [-0.4, -0.2) is 73.4 Å². The molecule has 3 atom stereocenters. The summed E-state index contributed by atoms with van der Waals surface area (Å²) in [6.45, 7) is 4.88. The number of carbonyl (C=O) groups excluding carboxylic acids is 1. The first-order chi connectivity index (χ1) is 38.5. The van der Waals surface area contributed by atoms with Gasteiger partial charge in [0.2, 0.25) is 5.91 Å². The van der Waals surface area contributed by atoms with Crippen LogP contribution in [0.2, 0.25) is 0 Å². The molecule has 0 saturated carbocycles. The van der Waals surface area contributed by atoms with E-state index >= 15 is 0 Å². The van der Waals surface area contributed by atoms with Crippen LogP contribution in [0.5, 0.6) is 0 Å². The van der Waals surface area contributed by atoms with Crippen molar-refractivity contribution in [3.63, 3.8) is 0 Å². The lowest BCUT2D eigenvalue weighted by Gasteiger charge is -2.25. The topological polar surface area (TPSA) is 105 Å². The predicted molar refractivity (Wildman–Crippen MR) is 346 cm³/mol. The molecule has 0 rings (SSSR count). The average molecular weight is 1140 g/mol. The molecule has 0 aliphatic heterocycles. The highest BCUT2D eigenvalue weighted by molar-refractivity contribution is 7.47. The quantitative estimate of drug-likeness (QED) is 0.0243. The van der Waals surface area contributed by atoms with Crippen molar-refractivity contribution in [1.29, 1.82) is 0 Å². The fourth-order valence-electron chi connectivity index (χ4n) is 10.9. The number of nitrogens with zero attached hydrogens (tertiary/aromatic N) is 1. The molecule has 0 aliphatic rings. The summed E-state index contributed by atoms with van der Waals surface area (Å²) in [4.78, 5) is 23.4. The van der Waals surface area contributed by atoms with Crippen molar-refractivity contribution in [3.8, 4) is 0 Å². The Kier molecular flexibility index (Phi) is 60.7. The lowest BCUT2D eigenvalue weighted by Crippen LogP contribution is -2.45. The number of aliphatic hydroxyl groups is 1. The molecule has 0 fully saturated rings. The summed E-state index contributed by atoms with van der Waals surface area (Å²) in [5.74, 6) is -0.169. The van der Waals surface area contributed by atoms with Crippen LogP contribution < -0.4 is 5.32 Å². The molecule has 3 unspecified atom stereocenters. The lowest BCUT2D eigenvalue weighted by molar-refractivity contribution is -0.870. The molecule has 0 radical (unpaired) electrons. The van der Waals surface area contributed by atoms with E-state index in [2.05, 4.69) is 31.3 Å². The van der Waals surface area contributed by atoms with Gasteiger partial charge in [0, 0.05) is 6.42 Å². The fourth-order valence-corrected chi connectivity index (χ4v) is 11.7. The first-order valence-corrected chi connectivity index (χ1v) is 36.7. The summed E-state index contributed by atoms with van der Waals surface area (Å²) >= 11 is 0. The molecular weight excluding hydrogens is 996 g/mol. The molecule has 0 spiro atoms. The summed E-state index contributed by atoms with van der Waals surface area (Å²) in [5.41, 5.74) is 0. The molecule has 0 bridgehead atoms. The summed E-state index contributed by atoms with van der Waals surface area (Å²) in [6.07, 6.45) is 80.5. The minimum absolute atomic E-state index is 0.0642. The van der Waals surface area contributed by atoms with Gasteiger partial charge in [0.25, 0.3) is 0 Å². The van der Waals surface area contributed by atoms with E-state index in [1.807, 2.05) is 27.2 Å². The van der Waals surface area contributed by atoms with Crippen LogP contribution in [-0.2, 0) is 18.4 Å². The zero-order valence-corrected chi connectivity index (χ0v) is 54.8. The van der Waals surface area contributed by atoms with Crippen molar-refractivity contribution < 1.29 is 32.9 Å². The van der Waals surface area contributed by atoms with E-state index < -0.39 is 20.0 Å². The van der Waals surface area contributed by atoms with Gasteiger partial charge in [0.15, 0.2) is 0 Å². The van der Waals surface area contributed by atoms with Gasteiger partial charge in [-0.1, -0.05) is 340 Å². The van der Waals surface area contributed by atoms with Crippen LogP contribution in [0.25, 0.3) is 0 Å². The standard InChI is InChI=1S/C70H139N2O6P/c1-6-8-10-12-14-16-18-20-22-24-26-28-30-31-32-33-34-35-36-37-38-39-40-41-42-44-46-48-50-52-54-56-58-60-62-64-70(74)71-68(67-78-79(75,76)77-66-65-72(3,4)5)69(73)63-61-59-57-55-53-51-49-47-45-43-29-27-25-23-21-19-17-15-13-11-9-7-2/h33-34,61,63,68-69,73H,6-32,35-60,62,64-67H2,1-5H3,(H-,71,74,75,76)/p+1/b34-33-,63-61+. The SMILES string of the molecule is CCCCCCCCCCCCCCCC/C=C\CCCCCCCCCCCCCCCCCCCC(=O)NC(COP(=O)(O)OCC[N+](C)(C)C)C(O)/C=C/CCCCCCCCCCCCCCCCCCCCCC. The number of phosphoric ester groups is 1. The third-order valence-electron chi connectivity index (χ3n) is 16.4. The Morgan fingerprint density at radius 2 is 0.684 bits per heavy atom. The highest BCUT2D eigenvalue weighted by atomic mass is 31.2. The molecule has 0 aliphatic carbocycles. The first kappa shape index (κ1) is 78.0. The zero-order valence-electron chi connectivity index (χ0n) is 53.9. The summed E-state index contributed by atoms with van der Waals surface area (Å²) in [7, 11) is 1.59. The van der Waals surface area contributed by atoms with Gasteiger partial charge in [-0.05, 0) is 44.9 Å². The largest absolute Gasteiger partial charge is 0.472 e. The van der Waals surface area contributed by atoms with E-state index in [4.69, 9.17) is 9.05 Å². The van der Waals surface area contributed by atoms with Gasteiger partial charge in [0.05, 0.1) is 39.9 Å². The molecule has 0 heterocycles. The second-order valence-electron chi connectivity index (χ2n) is 25.6. The number of hydrogen-bond acceptors (Lipinski definition) is 5. The number of nitrogens with one attached hydrogen (secondary N) is 1. The third kappa shape index (κ3) is 64.4. The molecule has 1 amide bonds. The number of unbranched alkanes of at least 4 members (excludes halogenated alkanes) is 51. The highest BCUT2D eigenvalue weighted by Crippen LogP contribution is 2.43. The van der Waals surface area contributed by atoms with Crippen molar-refractivity contribution in [2.75, 3.05) is 40.9 Å². The Morgan fingerprint density at radius 3 is 0.975 bits per heavy atom. The Morgan fingerprint density at radius 1 is 0.418 bits per heavy atom. The monoisotopic (exact) mass is 1140 g/mol. The molecule has 3 N–H and O–H groups in total. The minimum atomic E-state index is -4.35. The van der Waals surface area contributed by atoms with E-state index in [0.29, 0.717) is 17.4 Å². The molecule has 470 valence electrons. The summed E-state index contributed by atoms with van der Waals surface area (Å²) in [5, 5.41) is 14.0. The third-order valence-corrected chi connectivity index (χ3v) is 17.4. The molecule has 9 heteroatoms. The number of allylic oxidation sites excluding steroid dienone is 3. The number of carbonyl (C=O) groups is 1. The zero-order chi connectivity index (χ0) is 57.7. The van der Waals surface area contributed by atoms with Crippen LogP contribution in [0.15, 0.2) is 24.3 Å². The van der Waals surface area contributed by atoms with Crippen molar-refractivity contribution >= 4 is 13.7 Å². The maximum Gasteiger partial charge on any atom is 0.472 e. The fraction of sp³-hybridized carbons (Fsp3) is 0.929. The van der Waals surface area contributed by atoms with Gasteiger partial charge >= 0.3 is 7.82 Å². The van der Waals surface area contributed by atoms with Crippen molar-refractivity contribution in [2.24, 2.45) is 0 Å². The number of hydrogen-bond donors (Lipinski definition) is 3. The molecule has 0 aromatic carbocycles. The maximum absolute atomic E-state index is 13.0. The van der Waals surface area contributed by atoms with Gasteiger partial charge in [0.1, 0.15) is 13.2 Å². The number of aliphatic hydroxyl groups excluding tert-OH is 1. The van der Waals surface area contributed by atoms with Gasteiger partial charge < -0.3 is 19.8 Å². The maximum atomic E-state index is 13.0. The van der Waals surface area contributed by atoms with Crippen molar-refractivity contribution in [1.82, 2.24) is 5.32 Å². The Balaban J connectivity index is 3.99. The van der Waals surface area contributed by atoms with Crippen LogP contribution >= 0.6 is 7.82 Å². The van der Waals surface area contributed by atoms with Crippen LogP contribution in [0.4, 0.5) is 0 Å². The van der Waals surface area contributed by atoms with Crippen molar-refractivity contribution in [2.45, 2.75) is 379 Å². The first-order valence-electron chi connectivity index (χ1n) is 35.2. The van der Waals surface area contributed by atoms with Gasteiger partial charge in [-0.3, -0.25) is 13.8 Å². The van der Waals surface area contributed by atoms with Gasteiger partial charge in [-0.2, -0.15) is 0 Å². The number of rotatable bonds is 66. The Labute approximate surface area is 494 Å². The van der Waals surface area contributed by atoms with Gasteiger partial charge in [-0.15, -0.1) is 0 Å². The Hall–Kier alpha value is -1.02. The van der Waals surface area contributed by atoms with E-state index in [-0.39, 0.29) is 19.1 Å². The smallest absolute Gasteiger partial charge is 0.387 e. The van der Waals surface area contributed by atoms with Gasteiger partial charge in [-0.25, -0.2) is 4.57 Å². The molecule has 79 heavy (non-hydrogen) atoms. The summed E-state index contributed by atoms with van der Waals surface area (Å²) < 4.78 is 23.8. The minimum Gasteiger partial charge on any atom is -0.387 e.